The van der Waals surface area contributed by atoms with Crippen LogP contribution >= 0.6 is 0 Å². The normalized spacial score (nSPS) is 16.3. The molecule has 2 aromatic rings. The summed E-state index contributed by atoms with van der Waals surface area (Å²) in [5.41, 5.74) is 1.05. The van der Waals surface area contributed by atoms with E-state index in [2.05, 4.69) is 15.1 Å². The van der Waals surface area contributed by atoms with E-state index in [1.165, 1.54) is 12.3 Å². The highest BCUT2D eigenvalue weighted by Crippen LogP contribution is 2.15. The predicted molar refractivity (Wildman–Crippen MR) is 77.9 cm³/mol. The van der Waals surface area contributed by atoms with Crippen LogP contribution < -0.4 is 0 Å². The van der Waals surface area contributed by atoms with Crippen molar-refractivity contribution in [2.24, 2.45) is 7.05 Å². The van der Waals surface area contributed by atoms with Crippen molar-refractivity contribution in [3.8, 4) is 0 Å². The fourth-order valence-electron chi connectivity index (χ4n) is 2.72. The number of carbonyl (C=O) groups excluding carboxylic acids is 1. The number of rotatable bonds is 4. The molecule has 2 aromatic heterocycles. The Morgan fingerprint density at radius 3 is 2.61 bits per heavy atom. The smallest absolute Gasteiger partial charge is 0.333 e. The van der Waals surface area contributed by atoms with E-state index in [1.54, 1.807) is 9.58 Å². The molecule has 1 amide bonds. The number of aromatic nitrogens is 4. The first-order valence-electron chi connectivity index (χ1n) is 7.35. The highest BCUT2D eigenvalue weighted by Gasteiger charge is 2.26. The number of nitrogens with zero attached hydrogens (tertiary/aromatic N) is 6. The van der Waals surface area contributed by atoms with Gasteiger partial charge in [-0.15, -0.1) is 0 Å². The minimum Gasteiger partial charge on any atom is -0.335 e. The third-order valence-electron chi connectivity index (χ3n) is 3.90. The third kappa shape index (κ3) is 3.39. The fourth-order valence-corrected chi connectivity index (χ4v) is 2.72. The lowest BCUT2D eigenvalue weighted by molar-refractivity contribution is 0.0424. The van der Waals surface area contributed by atoms with Crippen LogP contribution in [0.1, 0.15) is 22.6 Å². The van der Waals surface area contributed by atoms with Crippen molar-refractivity contribution in [2.45, 2.75) is 13.1 Å². The van der Waals surface area contributed by atoms with Gasteiger partial charge in [0.2, 0.25) is 0 Å². The zero-order valence-corrected chi connectivity index (χ0v) is 12.8. The molecule has 124 valence electrons. The summed E-state index contributed by atoms with van der Waals surface area (Å²) in [6.07, 6.45) is 5.00. The van der Waals surface area contributed by atoms with Crippen LogP contribution in [0.4, 0.5) is 8.78 Å². The van der Waals surface area contributed by atoms with Gasteiger partial charge in [0.15, 0.2) is 0 Å². The van der Waals surface area contributed by atoms with E-state index in [9.17, 15) is 13.6 Å². The maximum Gasteiger partial charge on any atom is 0.333 e. The summed E-state index contributed by atoms with van der Waals surface area (Å²) in [5, 5.41) is 7.63. The lowest BCUT2D eigenvalue weighted by Crippen LogP contribution is -2.48. The van der Waals surface area contributed by atoms with E-state index >= 15 is 0 Å². The monoisotopic (exact) mass is 324 g/mol. The van der Waals surface area contributed by atoms with Gasteiger partial charge >= 0.3 is 6.55 Å². The summed E-state index contributed by atoms with van der Waals surface area (Å²) < 4.78 is 27.8. The van der Waals surface area contributed by atoms with Crippen molar-refractivity contribution < 1.29 is 13.6 Å². The molecule has 0 spiro atoms. The van der Waals surface area contributed by atoms with Crippen LogP contribution in [0.15, 0.2) is 24.7 Å². The summed E-state index contributed by atoms with van der Waals surface area (Å²) in [5.74, 6) is -0.399. The van der Waals surface area contributed by atoms with Crippen LogP contribution in [0.2, 0.25) is 0 Å². The summed E-state index contributed by atoms with van der Waals surface area (Å²) in [6, 6.07) is 1.33. The predicted octanol–water partition coefficient (Wildman–Crippen LogP) is 0.970. The highest BCUT2D eigenvalue weighted by atomic mass is 19.3. The molecule has 1 fully saturated rings. The van der Waals surface area contributed by atoms with Crippen molar-refractivity contribution in [3.05, 3.63) is 35.9 Å². The van der Waals surface area contributed by atoms with Crippen LogP contribution in [0, 0.1) is 0 Å². The van der Waals surface area contributed by atoms with Gasteiger partial charge in [0.25, 0.3) is 5.91 Å². The molecule has 0 N–H and O–H groups in total. The molecule has 0 unspecified atom stereocenters. The van der Waals surface area contributed by atoms with Gasteiger partial charge in [0.05, 0.1) is 6.20 Å². The summed E-state index contributed by atoms with van der Waals surface area (Å²) in [7, 11) is 1.87. The first-order valence-corrected chi connectivity index (χ1v) is 7.35. The minimum absolute atomic E-state index is 0.0688. The Balaban J connectivity index is 1.58. The number of aryl methyl sites for hydroxylation is 1. The molecule has 3 heterocycles. The van der Waals surface area contributed by atoms with E-state index < -0.39 is 12.5 Å². The number of piperazine rings is 1. The number of amides is 1. The van der Waals surface area contributed by atoms with Crippen molar-refractivity contribution in [1.29, 1.82) is 0 Å². The average molecular weight is 324 g/mol. The second kappa shape index (κ2) is 6.45. The molecule has 23 heavy (non-hydrogen) atoms. The van der Waals surface area contributed by atoms with Crippen LogP contribution in [0.25, 0.3) is 0 Å². The van der Waals surface area contributed by atoms with E-state index in [0.29, 0.717) is 30.9 Å². The van der Waals surface area contributed by atoms with Gasteiger partial charge in [0.1, 0.15) is 5.69 Å². The van der Waals surface area contributed by atoms with Crippen LogP contribution in [0.3, 0.4) is 0 Å². The van der Waals surface area contributed by atoms with Gasteiger partial charge < -0.3 is 4.90 Å². The maximum atomic E-state index is 12.8. The molecule has 0 atom stereocenters. The van der Waals surface area contributed by atoms with E-state index in [1.807, 2.05) is 19.4 Å². The summed E-state index contributed by atoms with van der Waals surface area (Å²) >= 11 is 0. The zero-order valence-electron chi connectivity index (χ0n) is 12.8. The van der Waals surface area contributed by atoms with Crippen molar-refractivity contribution in [2.75, 3.05) is 26.2 Å². The molecule has 0 radical (unpaired) electrons. The maximum absolute atomic E-state index is 12.8. The third-order valence-corrected chi connectivity index (χ3v) is 3.90. The van der Waals surface area contributed by atoms with Gasteiger partial charge in [-0.3, -0.25) is 14.4 Å². The number of hydrogen-bond acceptors (Lipinski definition) is 4. The Morgan fingerprint density at radius 2 is 2.00 bits per heavy atom. The Bertz CT molecular complexity index is 674. The number of carbonyl (C=O) groups is 1. The Kier molecular flexibility index (Phi) is 4.37. The number of alkyl halides is 2. The SMILES string of the molecule is Cn1cc(CN2CCN(C(=O)c3ccnn3C(F)F)CC2)cn1. The van der Waals surface area contributed by atoms with Crippen LogP contribution in [0.5, 0.6) is 0 Å². The Labute approximate surface area is 132 Å². The van der Waals surface area contributed by atoms with E-state index in [0.717, 1.165) is 12.1 Å². The standard InChI is InChI=1S/C14H18F2N6O/c1-19-9-11(8-18-19)10-20-4-6-21(7-5-20)13(23)12-2-3-17-22(12)14(15)16/h2-3,8-9,14H,4-7,10H2,1H3. The molecule has 0 aromatic carbocycles. The largest absolute Gasteiger partial charge is 0.335 e. The molecule has 9 heteroatoms. The van der Waals surface area contributed by atoms with Crippen molar-refractivity contribution >= 4 is 5.91 Å². The average Bonchev–Trinajstić information content (AvgIpc) is 3.16. The van der Waals surface area contributed by atoms with Crippen LogP contribution in [-0.2, 0) is 13.6 Å². The van der Waals surface area contributed by atoms with Gasteiger partial charge in [-0.25, -0.2) is 0 Å². The van der Waals surface area contributed by atoms with Gasteiger partial charge in [0, 0.05) is 57.7 Å². The Morgan fingerprint density at radius 1 is 1.26 bits per heavy atom. The quantitative estimate of drug-likeness (QED) is 0.841. The Hall–Kier alpha value is -2.29. The molecule has 0 bridgehead atoms. The van der Waals surface area contributed by atoms with Crippen molar-refractivity contribution in [1.82, 2.24) is 29.4 Å². The molecule has 1 aliphatic rings. The second-order valence-electron chi connectivity index (χ2n) is 5.53. The summed E-state index contributed by atoms with van der Waals surface area (Å²) in [6.45, 7) is 0.370. The molecule has 3 rings (SSSR count). The van der Waals surface area contributed by atoms with E-state index in [-0.39, 0.29) is 5.69 Å². The highest BCUT2D eigenvalue weighted by molar-refractivity contribution is 5.92. The lowest BCUT2D eigenvalue weighted by atomic mass is 10.2. The van der Waals surface area contributed by atoms with Gasteiger partial charge in [-0.2, -0.15) is 23.7 Å². The second-order valence-corrected chi connectivity index (χ2v) is 5.53. The molecule has 7 nitrogen and oxygen atoms in total. The number of hydrogen-bond donors (Lipinski definition) is 0. The van der Waals surface area contributed by atoms with Gasteiger partial charge in [-0.05, 0) is 6.07 Å². The lowest BCUT2D eigenvalue weighted by Gasteiger charge is -2.34. The molecule has 1 saturated heterocycles. The first-order chi connectivity index (χ1) is 11.0. The molecular formula is C14H18F2N6O. The number of halogens is 2. The van der Waals surface area contributed by atoms with Crippen LogP contribution in [-0.4, -0.2) is 61.4 Å². The fraction of sp³-hybridized carbons (Fsp3) is 0.500. The first kappa shape index (κ1) is 15.6. The minimum atomic E-state index is -2.81. The molecule has 0 aliphatic carbocycles. The van der Waals surface area contributed by atoms with Gasteiger partial charge in [-0.1, -0.05) is 0 Å². The zero-order chi connectivity index (χ0) is 16.4. The molecule has 0 saturated carbocycles. The molecule has 1 aliphatic heterocycles. The van der Waals surface area contributed by atoms with Crippen molar-refractivity contribution in [3.63, 3.8) is 0 Å². The van der Waals surface area contributed by atoms with E-state index in [4.69, 9.17) is 0 Å². The summed E-state index contributed by atoms with van der Waals surface area (Å²) in [4.78, 5) is 16.2. The topological polar surface area (TPSA) is 59.2 Å². The molecular weight excluding hydrogens is 306 g/mol.